The Morgan fingerprint density at radius 2 is 1.07 bits per heavy atom. The number of phenolic OH excluding ortho intramolecular Hbond substituents is 1. The van der Waals surface area contributed by atoms with Gasteiger partial charge in [0.25, 0.3) is 20.2 Å². The summed E-state index contributed by atoms with van der Waals surface area (Å²) >= 11 is 0. The predicted molar refractivity (Wildman–Crippen MR) is 146 cm³/mol. The summed E-state index contributed by atoms with van der Waals surface area (Å²) in [6.07, 6.45) is 0. The second-order valence-corrected chi connectivity index (χ2v) is 11.0. The number of fused-ring (bicyclic) bond motifs is 1. The fraction of sp³-hybridized carbons (Fsp3) is 0.120. The number of methoxy groups -OCH3 is 3. The first-order chi connectivity index (χ1) is 19.4. The number of azo groups is 2. The lowest BCUT2D eigenvalue weighted by atomic mass is 10.1. The Bertz CT molecular complexity index is 1920. The van der Waals surface area contributed by atoms with Gasteiger partial charge in [-0.3, -0.25) is 9.11 Å². The van der Waals surface area contributed by atoms with Crippen LogP contribution in [0.25, 0.3) is 10.8 Å². The Morgan fingerprint density at radius 3 is 1.56 bits per heavy atom. The molecule has 0 aromatic heterocycles. The van der Waals surface area contributed by atoms with Crippen molar-refractivity contribution in [1.82, 2.24) is 0 Å². The SMILES string of the molecule is COc1ccc(S(=O)(=O)O)cc1N=Nc1cc(OC)c(N=Nc2cc(S(=O)(=O)O)c3ccccc3c2O)cc1OC. The fourth-order valence-electron chi connectivity index (χ4n) is 3.75. The third kappa shape index (κ3) is 6.25. The highest BCUT2D eigenvalue weighted by Crippen LogP contribution is 2.44. The normalized spacial score (nSPS) is 12.3. The minimum absolute atomic E-state index is 0.00571. The third-order valence-corrected chi connectivity index (χ3v) is 7.44. The van der Waals surface area contributed by atoms with Gasteiger partial charge in [-0.15, -0.1) is 20.5 Å². The van der Waals surface area contributed by atoms with E-state index in [9.17, 15) is 31.0 Å². The number of phenols is 1. The Kier molecular flexibility index (Phi) is 8.20. The zero-order chi connectivity index (χ0) is 29.9. The Hall–Kier alpha value is -4.64. The van der Waals surface area contributed by atoms with E-state index in [0.29, 0.717) is 0 Å². The van der Waals surface area contributed by atoms with Crippen LogP contribution in [0.5, 0.6) is 23.0 Å². The molecule has 0 amide bonds. The molecule has 4 aromatic carbocycles. The third-order valence-electron chi connectivity index (χ3n) is 5.70. The van der Waals surface area contributed by atoms with E-state index in [1.807, 2.05) is 0 Å². The van der Waals surface area contributed by atoms with Crippen molar-refractivity contribution in [3.8, 4) is 23.0 Å². The summed E-state index contributed by atoms with van der Waals surface area (Å²) in [4.78, 5) is -0.879. The summed E-state index contributed by atoms with van der Waals surface area (Å²) in [5.41, 5.74) is -0.0270. The molecular weight excluding hydrogens is 580 g/mol. The summed E-state index contributed by atoms with van der Waals surface area (Å²) in [6, 6.07) is 13.3. The summed E-state index contributed by atoms with van der Waals surface area (Å²) in [6.45, 7) is 0. The van der Waals surface area contributed by atoms with E-state index in [4.69, 9.17) is 14.2 Å². The van der Waals surface area contributed by atoms with Gasteiger partial charge < -0.3 is 19.3 Å². The minimum atomic E-state index is -4.66. The van der Waals surface area contributed by atoms with Gasteiger partial charge in [0.2, 0.25) is 0 Å². The first-order valence-electron chi connectivity index (χ1n) is 11.3. The summed E-state index contributed by atoms with van der Waals surface area (Å²) in [5, 5.41) is 27.1. The van der Waals surface area contributed by atoms with Crippen LogP contribution in [0.2, 0.25) is 0 Å². The zero-order valence-electron chi connectivity index (χ0n) is 21.6. The van der Waals surface area contributed by atoms with Crippen LogP contribution in [0.4, 0.5) is 22.7 Å². The summed E-state index contributed by atoms with van der Waals surface area (Å²) in [7, 11) is -5.15. The van der Waals surface area contributed by atoms with Crippen LogP contribution in [0.15, 0.2) is 90.9 Å². The molecule has 0 aliphatic carbocycles. The lowest BCUT2D eigenvalue weighted by Gasteiger charge is -2.10. The van der Waals surface area contributed by atoms with Crippen molar-refractivity contribution in [3.63, 3.8) is 0 Å². The van der Waals surface area contributed by atoms with Gasteiger partial charge in [0.15, 0.2) is 5.75 Å². The average Bonchev–Trinajstić information content (AvgIpc) is 2.94. The van der Waals surface area contributed by atoms with Gasteiger partial charge in [-0.05, 0) is 24.3 Å². The van der Waals surface area contributed by atoms with Gasteiger partial charge in [0.05, 0.1) is 26.2 Å². The van der Waals surface area contributed by atoms with Crippen LogP contribution in [0.1, 0.15) is 0 Å². The number of rotatable bonds is 9. The maximum atomic E-state index is 12.0. The van der Waals surface area contributed by atoms with Crippen molar-refractivity contribution >= 4 is 53.8 Å². The van der Waals surface area contributed by atoms with E-state index >= 15 is 0 Å². The molecule has 0 unspecified atom stereocenters. The predicted octanol–water partition coefficient (Wildman–Crippen LogP) is 5.90. The molecule has 0 heterocycles. The van der Waals surface area contributed by atoms with Gasteiger partial charge in [-0.1, -0.05) is 24.3 Å². The largest absolute Gasteiger partial charge is 0.505 e. The van der Waals surface area contributed by atoms with E-state index in [1.54, 1.807) is 12.1 Å². The highest BCUT2D eigenvalue weighted by molar-refractivity contribution is 7.86. The van der Waals surface area contributed by atoms with Crippen molar-refractivity contribution in [2.24, 2.45) is 20.5 Å². The standard InChI is InChI=1S/C25H22N4O10S2/c1-37-21-9-8-14(40(31,32)33)10-17(21)26-27-18-11-23(39-3)19(12-22(18)38-2)28-29-20-13-24(41(34,35)36)15-6-4-5-7-16(15)25(20)30/h4-13,30H,1-3H3,(H,31,32,33)(H,34,35,36). The van der Waals surface area contributed by atoms with Crippen LogP contribution in [0, 0.1) is 0 Å². The molecule has 0 bridgehead atoms. The number of hydrogen-bond acceptors (Lipinski definition) is 12. The molecule has 0 spiro atoms. The lowest BCUT2D eigenvalue weighted by molar-refractivity contribution is 0.404. The molecule has 214 valence electrons. The first kappa shape index (κ1) is 29.3. The molecule has 0 aliphatic rings. The molecule has 14 nitrogen and oxygen atoms in total. The lowest BCUT2D eigenvalue weighted by Crippen LogP contribution is -1.99. The van der Waals surface area contributed by atoms with Crippen molar-refractivity contribution < 1.29 is 45.3 Å². The molecule has 0 saturated heterocycles. The molecule has 0 atom stereocenters. The van der Waals surface area contributed by atoms with Gasteiger partial charge in [-0.2, -0.15) is 16.8 Å². The number of hydrogen-bond donors (Lipinski definition) is 3. The smallest absolute Gasteiger partial charge is 0.295 e. The quantitative estimate of drug-likeness (QED) is 0.153. The van der Waals surface area contributed by atoms with Crippen molar-refractivity contribution in [3.05, 3.63) is 60.7 Å². The van der Waals surface area contributed by atoms with Crippen molar-refractivity contribution in [2.75, 3.05) is 21.3 Å². The molecule has 3 N–H and O–H groups in total. The van der Waals surface area contributed by atoms with Crippen LogP contribution >= 0.6 is 0 Å². The highest BCUT2D eigenvalue weighted by Gasteiger charge is 2.20. The molecule has 41 heavy (non-hydrogen) atoms. The van der Waals surface area contributed by atoms with Crippen LogP contribution in [-0.2, 0) is 20.2 Å². The van der Waals surface area contributed by atoms with E-state index in [2.05, 4.69) is 20.5 Å². The number of ether oxygens (including phenoxy) is 3. The molecule has 0 aliphatic heterocycles. The number of benzene rings is 4. The zero-order valence-corrected chi connectivity index (χ0v) is 23.2. The van der Waals surface area contributed by atoms with E-state index in [1.165, 1.54) is 51.7 Å². The molecule has 0 radical (unpaired) electrons. The van der Waals surface area contributed by atoms with Gasteiger partial charge in [0.1, 0.15) is 44.9 Å². The fourth-order valence-corrected chi connectivity index (χ4v) is 4.97. The highest BCUT2D eigenvalue weighted by atomic mass is 32.2. The molecule has 0 saturated carbocycles. The monoisotopic (exact) mass is 602 g/mol. The van der Waals surface area contributed by atoms with E-state index in [-0.39, 0.29) is 56.5 Å². The van der Waals surface area contributed by atoms with Crippen molar-refractivity contribution in [1.29, 1.82) is 0 Å². The molecule has 0 fully saturated rings. The van der Waals surface area contributed by atoms with Gasteiger partial charge in [0, 0.05) is 22.9 Å². The maximum absolute atomic E-state index is 12.0. The number of nitrogens with zero attached hydrogens (tertiary/aromatic N) is 4. The Labute approximate surface area is 234 Å². The first-order valence-corrected chi connectivity index (χ1v) is 14.2. The van der Waals surface area contributed by atoms with E-state index < -0.39 is 30.0 Å². The topological polar surface area (TPSA) is 206 Å². The molecule has 16 heteroatoms. The van der Waals surface area contributed by atoms with Crippen LogP contribution < -0.4 is 14.2 Å². The average molecular weight is 603 g/mol. The van der Waals surface area contributed by atoms with Crippen LogP contribution in [0.3, 0.4) is 0 Å². The molecule has 4 aromatic rings. The maximum Gasteiger partial charge on any atom is 0.295 e. The summed E-state index contributed by atoms with van der Waals surface area (Å²) in [5.74, 6) is 0.0679. The van der Waals surface area contributed by atoms with Crippen LogP contribution in [-0.4, -0.2) is 52.4 Å². The minimum Gasteiger partial charge on any atom is -0.505 e. The second kappa shape index (κ2) is 11.5. The summed E-state index contributed by atoms with van der Waals surface area (Å²) < 4.78 is 82.0. The van der Waals surface area contributed by atoms with Gasteiger partial charge >= 0.3 is 0 Å². The molecular formula is C25H22N4O10S2. The van der Waals surface area contributed by atoms with Crippen molar-refractivity contribution in [2.45, 2.75) is 9.79 Å². The van der Waals surface area contributed by atoms with E-state index in [0.717, 1.165) is 18.2 Å². The Morgan fingerprint density at radius 1 is 0.585 bits per heavy atom. The Balaban J connectivity index is 1.78. The number of aromatic hydroxyl groups is 1. The molecule has 4 rings (SSSR count). The van der Waals surface area contributed by atoms with Gasteiger partial charge in [-0.25, -0.2) is 0 Å². The second-order valence-electron chi connectivity index (χ2n) is 8.17.